The molecule has 0 saturated carbocycles. The van der Waals surface area contributed by atoms with Crippen molar-refractivity contribution in [3.05, 3.63) is 35.4 Å². The number of hydrogen-bond acceptors (Lipinski definition) is 5. The molecule has 228 valence electrons. The Kier molecular flexibility index (Phi) is 16.3. The number of benzene rings is 1. The van der Waals surface area contributed by atoms with Crippen molar-refractivity contribution in [3.63, 3.8) is 0 Å². The van der Waals surface area contributed by atoms with Crippen LogP contribution in [0, 0.1) is 5.92 Å². The van der Waals surface area contributed by atoms with Crippen molar-refractivity contribution in [3.8, 4) is 0 Å². The van der Waals surface area contributed by atoms with Crippen LogP contribution in [0.4, 0.5) is 4.79 Å². The summed E-state index contributed by atoms with van der Waals surface area (Å²) in [6.45, 7) is 16.5. The second kappa shape index (κ2) is 18.3. The normalized spacial score (nSPS) is 13.8. The molecule has 0 aliphatic carbocycles. The van der Waals surface area contributed by atoms with Gasteiger partial charge in [-0.2, -0.15) is 11.8 Å². The Morgan fingerprint density at radius 2 is 1.62 bits per heavy atom. The molecule has 0 aromatic heterocycles. The smallest absolute Gasteiger partial charge is 0.408 e. The molecule has 0 radical (unpaired) electrons. The predicted octanol–water partition coefficient (Wildman–Crippen LogP) is 6.90. The summed E-state index contributed by atoms with van der Waals surface area (Å²) in [6, 6.07) is 6.14. The second-order valence-electron chi connectivity index (χ2n) is 12.0. The highest BCUT2D eigenvalue weighted by atomic mass is 32.2. The number of aryl methyl sites for hydroxylation is 1. The van der Waals surface area contributed by atoms with Gasteiger partial charge in [-0.15, -0.1) is 0 Å². The van der Waals surface area contributed by atoms with Crippen LogP contribution in [-0.2, 0) is 20.7 Å². The van der Waals surface area contributed by atoms with Gasteiger partial charge in [-0.25, -0.2) is 4.79 Å². The maximum Gasteiger partial charge on any atom is 0.408 e. The minimum Gasteiger partial charge on any atom is -0.444 e. The molecule has 0 bridgehead atoms. The van der Waals surface area contributed by atoms with Crippen molar-refractivity contribution in [2.24, 2.45) is 5.92 Å². The van der Waals surface area contributed by atoms with Crippen molar-refractivity contribution < 1.29 is 19.1 Å². The van der Waals surface area contributed by atoms with Crippen LogP contribution in [0.3, 0.4) is 0 Å². The molecule has 1 aromatic rings. The van der Waals surface area contributed by atoms with Gasteiger partial charge < -0.3 is 20.3 Å². The summed E-state index contributed by atoms with van der Waals surface area (Å²) < 4.78 is 5.50. The summed E-state index contributed by atoms with van der Waals surface area (Å²) in [5.74, 6) is 0.687. The molecule has 7 nitrogen and oxygen atoms in total. The van der Waals surface area contributed by atoms with E-state index in [1.165, 1.54) is 5.56 Å². The summed E-state index contributed by atoms with van der Waals surface area (Å²) in [4.78, 5) is 42.8. The number of nitrogens with one attached hydrogen (secondary N) is 2. The molecule has 0 spiro atoms. The summed E-state index contributed by atoms with van der Waals surface area (Å²) in [5.41, 5.74) is 1.25. The van der Waals surface area contributed by atoms with E-state index in [0.29, 0.717) is 24.6 Å². The van der Waals surface area contributed by atoms with Gasteiger partial charge in [0, 0.05) is 12.6 Å². The van der Waals surface area contributed by atoms with Crippen molar-refractivity contribution in [2.75, 3.05) is 18.6 Å². The van der Waals surface area contributed by atoms with Gasteiger partial charge >= 0.3 is 6.09 Å². The van der Waals surface area contributed by atoms with Crippen LogP contribution in [0.1, 0.15) is 111 Å². The molecule has 8 heteroatoms. The molecule has 3 atom stereocenters. The van der Waals surface area contributed by atoms with Crippen LogP contribution in [-0.4, -0.2) is 59.0 Å². The summed E-state index contributed by atoms with van der Waals surface area (Å²) in [7, 11) is 0. The van der Waals surface area contributed by atoms with Gasteiger partial charge in [0.05, 0.1) is 0 Å². The topological polar surface area (TPSA) is 87.7 Å². The molecule has 0 heterocycles. The molecule has 2 N–H and O–H groups in total. The Bertz CT molecular complexity index is 898. The van der Waals surface area contributed by atoms with Gasteiger partial charge in [-0.05, 0) is 88.9 Å². The van der Waals surface area contributed by atoms with Crippen LogP contribution in [0.25, 0.3) is 0 Å². The lowest BCUT2D eigenvalue weighted by molar-refractivity contribution is -0.145. The fraction of sp³-hybridized carbons (Fsp3) is 0.719. The number of alkyl carbamates (subject to hydrolysis) is 1. The predicted molar refractivity (Wildman–Crippen MR) is 168 cm³/mol. The molecule has 1 aromatic carbocycles. The van der Waals surface area contributed by atoms with Gasteiger partial charge in [-0.1, -0.05) is 64.8 Å². The van der Waals surface area contributed by atoms with Crippen molar-refractivity contribution in [1.29, 1.82) is 0 Å². The number of nitrogens with zero attached hydrogens (tertiary/aromatic N) is 1. The first-order chi connectivity index (χ1) is 18.8. The first-order valence-electron chi connectivity index (χ1n) is 15.0. The number of thioether (sulfide) groups is 1. The Morgan fingerprint density at radius 3 is 2.15 bits per heavy atom. The first-order valence-corrected chi connectivity index (χ1v) is 16.4. The molecular formula is C32H55N3O4S. The molecule has 0 aliphatic rings. The van der Waals surface area contributed by atoms with Crippen LogP contribution >= 0.6 is 11.8 Å². The summed E-state index contributed by atoms with van der Waals surface area (Å²) in [6.07, 6.45) is 7.30. The number of ether oxygens (including phenoxy) is 1. The third kappa shape index (κ3) is 13.0. The Morgan fingerprint density at radius 1 is 0.975 bits per heavy atom. The fourth-order valence-corrected chi connectivity index (χ4v) is 4.96. The number of amides is 3. The average molecular weight is 578 g/mol. The number of hydrogen-bond donors (Lipinski definition) is 2. The van der Waals surface area contributed by atoms with E-state index in [1.807, 2.05) is 37.4 Å². The summed E-state index contributed by atoms with van der Waals surface area (Å²) in [5, 5.41) is 5.94. The maximum atomic E-state index is 14.4. The van der Waals surface area contributed by atoms with Crippen LogP contribution in [0.2, 0.25) is 0 Å². The molecule has 0 fully saturated rings. The minimum atomic E-state index is -0.811. The van der Waals surface area contributed by atoms with Gasteiger partial charge in [0.25, 0.3) is 0 Å². The lowest BCUT2D eigenvalue weighted by atomic mass is 9.96. The third-order valence-electron chi connectivity index (χ3n) is 6.80. The maximum absolute atomic E-state index is 14.4. The van der Waals surface area contributed by atoms with E-state index in [4.69, 9.17) is 4.74 Å². The SMILES string of the molecule is CCCCCNC(=O)C(c1ccc(CC)cc1)N(C(=O)C(CCSC)NC(=O)OC(C)(C)C)C(C)CCC(C)C. The Hall–Kier alpha value is -2.22. The Labute approximate surface area is 248 Å². The molecule has 3 unspecified atom stereocenters. The largest absolute Gasteiger partial charge is 0.444 e. The third-order valence-corrected chi connectivity index (χ3v) is 7.44. The zero-order valence-electron chi connectivity index (χ0n) is 26.5. The average Bonchev–Trinajstić information content (AvgIpc) is 2.89. The monoisotopic (exact) mass is 577 g/mol. The van der Waals surface area contributed by atoms with E-state index in [2.05, 4.69) is 38.3 Å². The van der Waals surface area contributed by atoms with Gasteiger partial charge in [0.1, 0.15) is 17.7 Å². The van der Waals surface area contributed by atoms with E-state index < -0.39 is 23.8 Å². The number of carbonyl (C=O) groups is 3. The quantitative estimate of drug-likeness (QED) is 0.197. The number of rotatable bonds is 17. The summed E-state index contributed by atoms with van der Waals surface area (Å²) >= 11 is 1.61. The molecule has 1 rings (SSSR count). The standard InChI is InChI=1S/C32H55N3O4S/c1-10-12-13-21-33-29(36)28(26-18-16-25(11-2)17-19-26)35(24(5)15-14-23(3)4)30(37)27(20-22-40-9)34-31(38)39-32(6,7)8/h16-19,23-24,27-28H,10-15,20-22H2,1-9H3,(H,33,36)(H,34,38). The van der Waals surface area contributed by atoms with E-state index in [0.717, 1.165) is 44.1 Å². The van der Waals surface area contributed by atoms with E-state index in [9.17, 15) is 14.4 Å². The Balaban J connectivity index is 3.55. The van der Waals surface area contributed by atoms with Gasteiger partial charge in [0.15, 0.2) is 0 Å². The van der Waals surface area contributed by atoms with Crippen LogP contribution < -0.4 is 10.6 Å². The van der Waals surface area contributed by atoms with Crippen molar-refractivity contribution >= 4 is 29.7 Å². The lowest BCUT2D eigenvalue weighted by Gasteiger charge is -2.39. The number of unbranched alkanes of at least 4 members (excludes halogenated alkanes) is 2. The molecule has 3 amide bonds. The highest BCUT2D eigenvalue weighted by Crippen LogP contribution is 2.28. The molecular weight excluding hydrogens is 522 g/mol. The van der Waals surface area contributed by atoms with Crippen molar-refractivity contribution in [2.45, 2.75) is 124 Å². The lowest BCUT2D eigenvalue weighted by Crippen LogP contribution is -2.55. The van der Waals surface area contributed by atoms with Crippen LogP contribution in [0.15, 0.2) is 24.3 Å². The van der Waals surface area contributed by atoms with E-state index in [-0.39, 0.29) is 17.9 Å². The zero-order valence-corrected chi connectivity index (χ0v) is 27.3. The minimum absolute atomic E-state index is 0.189. The molecule has 40 heavy (non-hydrogen) atoms. The zero-order chi connectivity index (χ0) is 30.3. The van der Waals surface area contributed by atoms with E-state index >= 15 is 0 Å². The second-order valence-corrected chi connectivity index (χ2v) is 13.0. The fourth-order valence-electron chi connectivity index (χ4n) is 4.49. The molecule has 0 aliphatic heterocycles. The van der Waals surface area contributed by atoms with E-state index in [1.54, 1.807) is 37.4 Å². The van der Waals surface area contributed by atoms with Gasteiger partial charge in [-0.3, -0.25) is 9.59 Å². The first kappa shape index (κ1) is 35.8. The van der Waals surface area contributed by atoms with Crippen LogP contribution in [0.5, 0.6) is 0 Å². The van der Waals surface area contributed by atoms with Crippen molar-refractivity contribution in [1.82, 2.24) is 15.5 Å². The van der Waals surface area contributed by atoms with Gasteiger partial charge in [0.2, 0.25) is 11.8 Å². The highest BCUT2D eigenvalue weighted by molar-refractivity contribution is 7.98. The highest BCUT2D eigenvalue weighted by Gasteiger charge is 2.38. The molecule has 0 saturated heterocycles. The number of carbonyl (C=O) groups excluding carboxylic acids is 3.